The third-order valence-corrected chi connectivity index (χ3v) is 1.40. The molecule has 2 heteroatoms. The Bertz CT molecular complexity index is 40.8. The van der Waals surface area contributed by atoms with E-state index in [4.69, 9.17) is 4.74 Å². The molecule has 1 radical (unpaired) electrons. The van der Waals surface area contributed by atoms with Crippen molar-refractivity contribution >= 4 is 15.9 Å². The summed E-state index contributed by atoms with van der Waals surface area (Å²) in [6.45, 7) is 0.903. The molecule has 35 valence electrons. The van der Waals surface area contributed by atoms with Crippen molar-refractivity contribution in [1.29, 1.82) is 0 Å². The van der Waals surface area contributed by atoms with E-state index in [0.29, 0.717) is 0 Å². The summed E-state index contributed by atoms with van der Waals surface area (Å²) in [5.74, 6) is 0. The van der Waals surface area contributed by atoms with Gasteiger partial charge in [-0.3, -0.25) is 0 Å². The van der Waals surface area contributed by atoms with Gasteiger partial charge in [0.1, 0.15) is 0 Å². The third-order valence-electron chi connectivity index (χ3n) is 0.776. The van der Waals surface area contributed by atoms with Gasteiger partial charge in [0.25, 0.3) is 0 Å². The molecule has 1 heterocycles. The number of hydrogen-bond acceptors (Lipinski definition) is 1. The van der Waals surface area contributed by atoms with Crippen LogP contribution in [0.4, 0.5) is 0 Å². The molecule has 6 heavy (non-hydrogen) atoms. The van der Waals surface area contributed by atoms with Gasteiger partial charge in [-0.2, -0.15) is 0 Å². The Balaban J connectivity index is 2.18. The number of ether oxygens (including phenoxy) is 1. The van der Waals surface area contributed by atoms with E-state index in [2.05, 4.69) is 15.9 Å². The molecule has 1 nitrogen and oxygen atoms in total. The lowest BCUT2D eigenvalue weighted by Crippen LogP contribution is -1.77. The van der Waals surface area contributed by atoms with Gasteiger partial charge in [-0.25, -0.2) is 0 Å². The Morgan fingerprint density at radius 3 is 2.67 bits per heavy atom. The van der Waals surface area contributed by atoms with Crippen molar-refractivity contribution in [3.63, 3.8) is 0 Å². The first-order chi connectivity index (χ1) is 2.89. The van der Waals surface area contributed by atoms with Crippen molar-refractivity contribution in [2.45, 2.75) is 12.8 Å². The second-order valence-electron chi connectivity index (χ2n) is 1.31. The monoisotopic (exact) mass is 149 g/mol. The zero-order valence-corrected chi connectivity index (χ0v) is 4.99. The Labute approximate surface area is 45.8 Å². The Hall–Kier alpha value is 0.440. The topological polar surface area (TPSA) is 9.23 Å². The smallest absolute Gasteiger partial charge is 0.161 e. The minimum atomic E-state index is 0.903. The van der Waals surface area contributed by atoms with Crippen LogP contribution in [0.2, 0.25) is 0 Å². The molecule has 1 rings (SSSR count). The van der Waals surface area contributed by atoms with Crippen molar-refractivity contribution in [3.8, 4) is 0 Å². The summed E-state index contributed by atoms with van der Waals surface area (Å²) in [7, 11) is 0. The fraction of sp³-hybridized carbons (Fsp3) is 0.750. The van der Waals surface area contributed by atoms with Crippen molar-refractivity contribution in [3.05, 3.63) is 5.01 Å². The number of hydrogen-bond donors (Lipinski definition) is 0. The Morgan fingerprint density at radius 1 is 1.67 bits per heavy atom. The summed E-state index contributed by atoms with van der Waals surface area (Å²) in [6.07, 6.45) is 2.28. The third kappa shape index (κ3) is 0.949. The number of halogens is 1. The predicted octanol–water partition coefficient (Wildman–Crippen LogP) is 1.68. The second kappa shape index (κ2) is 1.94. The molecule has 0 amide bonds. The van der Waals surface area contributed by atoms with Crippen molar-refractivity contribution < 1.29 is 4.74 Å². The van der Waals surface area contributed by atoms with Gasteiger partial charge in [0.15, 0.2) is 5.01 Å². The number of rotatable bonds is 0. The molecule has 0 aliphatic carbocycles. The van der Waals surface area contributed by atoms with Crippen molar-refractivity contribution in [2.75, 3.05) is 6.61 Å². The highest BCUT2D eigenvalue weighted by atomic mass is 79.9. The van der Waals surface area contributed by atoms with Crippen LogP contribution < -0.4 is 0 Å². The molecule has 0 spiro atoms. The van der Waals surface area contributed by atoms with E-state index in [1.54, 1.807) is 0 Å². The highest BCUT2D eigenvalue weighted by Crippen LogP contribution is 2.24. The van der Waals surface area contributed by atoms with Crippen LogP contribution in [0.25, 0.3) is 0 Å². The Kier molecular flexibility index (Phi) is 1.48. The van der Waals surface area contributed by atoms with E-state index in [1.807, 2.05) is 0 Å². The van der Waals surface area contributed by atoms with E-state index < -0.39 is 0 Å². The van der Waals surface area contributed by atoms with Crippen LogP contribution in [-0.4, -0.2) is 6.61 Å². The molecule has 1 saturated heterocycles. The summed E-state index contributed by atoms with van der Waals surface area (Å²) < 4.78 is 4.99. The first kappa shape index (κ1) is 4.60. The summed E-state index contributed by atoms with van der Waals surface area (Å²) in [5.41, 5.74) is 0. The molecule has 0 unspecified atom stereocenters. The van der Waals surface area contributed by atoms with E-state index in [0.717, 1.165) is 18.0 Å². The van der Waals surface area contributed by atoms with Gasteiger partial charge in [0, 0.05) is 6.61 Å². The zero-order chi connectivity index (χ0) is 4.41. The van der Waals surface area contributed by atoms with E-state index in [9.17, 15) is 0 Å². The van der Waals surface area contributed by atoms with Crippen LogP contribution in [-0.2, 0) is 4.74 Å². The minimum absolute atomic E-state index is 0.903. The first-order valence-corrected chi connectivity index (χ1v) is 2.83. The first-order valence-electron chi connectivity index (χ1n) is 2.04. The minimum Gasteiger partial charge on any atom is -0.360 e. The molecule has 0 atom stereocenters. The molecule has 0 aromatic heterocycles. The van der Waals surface area contributed by atoms with Gasteiger partial charge in [-0.1, -0.05) is 0 Å². The molecule has 0 bridgehead atoms. The zero-order valence-electron chi connectivity index (χ0n) is 3.41. The molecule has 1 fully saturated rings. The maximum Gasteiger partial charge on any atom is 0.161 e. The molecule has 1 aliphatic heterocycles. The van der Waals surface area contributed by atoms with Gasteiger partial charge in [-0.05, 0) is 28.8 Å². The van der Waals surface area contributed by atoms with Crippen molar-refractivity contribution in [1.82, 2.24) is 0 Å². The Morgan fingerprint density at radius 2 is 2.50 bits per heavy atom. The van der Waals surface area contributed by atoms with E-state index in [-0.39, 0.29) is 0 Å². The normalized spacial score (nSPS) is 25.5. The van der Waals surface area contributed by atoms with Crippen LogP contribution in [0.5, 0.6) is 0 Å². The second-order valence-corrected chi connectivity index (χ2v) is 2.19. The van der Waals surface area contributed by atoms with Gasteiger partial charge >= 0.3 is 0 Å². The lowest BCUT2D eigenvalue weighted by atomic mass is 10.4. The molecule has 0 aromatic rings. The maximum absolute atomic E-state index is 4.99. The van der Waals surface area contributed by atoms with E-state index >= 15 is 0 Å². The summed E-state index contributed by atoms with van der Waals surface area (Å²) in [4.78, 5) is 0. The average Bonchev–Trinajstić information content (AvgIpc) is 1.86. The molecule has 0 saturated carbocycles. The average molecular weight is 150 g/mol. The molecule has 0 aromatic carbocycles. The fourth-order valence-corrected chi connectivity index (χ4v) is 0.908. The summed E-state index contributed by atoms with van der Waals surface area (Å²) in [6, 6.07) is 0. The molecule has 1 aliphatic rings. The molecular formula is C4H6BrO. The van der Waals surface area contributed by atoms with Crippen molar-refractivity contribution in [2.24, 2.45) is 0 Å². The lowest BCUT2D eigenvalue weighted by molar-refractivity contribution is 0.243. The van der Waals surface area contributed by atoms with Crippen LogP contribution in [0.15, 0.2) is 0 Å². The van der Waals surface area contributed by atoms with Crippen LogP contribution >= 0.6 is 15.9 Å². The summed E-state index contributed by atoms with van der Waals surface area (Å²) >= 11 is 3.23. The van der Waals surface area contributed by atoms with Gasteiger partial charge in [0.2, 0.25) is 0 Å². The molecular weight excluding hydrogens is 144 g/mol. The standard InChI is InChI=1S/C4H6BrO/c5-4-2-1-3-6-4/h1-3H2. The highest BCUT2D eigenvalue weighted by Gasteiger charge is 2.10. The lowest BCUT2D eigenvalue weighted by Gasteiger charge is -1.89. The van der Waals surface area contributed by atoms with Gasteiger partial charge < -0.3 is 4.74 Å². The van der Waals surface area contributed by atoms with Crippen LogP contribution in [0, 0.1) is 5.01 Å². The van der Waals surface area contributed by atoms with Crippen LogP contribution in [0.3, 0.4) is 0 Å². The maximum atomic E-state index is 4.99. The van der Waals surface area contributed by atoms with Gasteiger partial charge in [-0.15, -0.1) is 0 Å². The predicted molar refractivity (Wildman–Crippen MR) is 27.4 cm³/mol. The summed E-state index contributed by atoms with van der Waals surface area (Å²) in [5, 5.41) is 1.02. The SMILES string of the molecule is Br[C]1CCCO1. The van der Waals surface area contributed by atoms with E-state index in [1.165, 1.54) is 6.42 Å². The fourth-order valence-electron chi connectivity index (χ4n) is 0.466. The molecule has 0 N–H and O–H groups in total. The van der Waals surface area contributed by atoms with Gasteiger partial charge in [0.05, 0.1) is 0 Å². The van der Waals surface area contributed by atoms with Crippen LogP contribution in [0.1, 0.15) is 12.8 Å². The quantitative estimate of drug-likeness (QED) is 0.510. The highest BCUT2D eigenvalue weighted by molar-refractivity contribution is 9.11. The largest absolute Gasteiger partial charge is 0.360 e.